The number of esters is 1. The second-order valence-corrected chi connectivity index (χ2v) is 7.55. The van der Waals surface area contributed by atoms with Crippen molar-refractivity contribution in [1.82, 2.24) is 4.98 Å². The monoisotopic (exact) mass is 388 g/mol. The van der Waals surface area contributed by atoms with Gasteiger partial charge in [-0.15, -0.1) is 11.3 Å². The van der Waals surface area contributed by atoms with Crippen molar-refractivity contribution in [3.8, 4) is 17.0 Å². The van der Waals surface area contributed by atoms with Crippen LogP contribution in [0.5, 0.6) is 5.75 Å². The van der Waals surface area contributed by atoms with Crippen molar-refractivity contribution in [2.75, 3.05) is 24.7 Å². The number of nitrogens with zero attached hydrogens (tertiary/aromatic N) is 2. The molecule has 0 fully saturated rings. The third-order valence-corrected chi connectivity index (χ3v) is 5.14. The third-order valence-electron chi connectivity index (χ3n) is 4.36. The highest BCUT2D eigenvalue weighted by molar-refractivity contribution is 7.09. The molecule has 0 aliphatic carbocycles. The highest BCUT2D eigenvalue weighted by atomic mass is 32.1. The van der Waals surface area contributed by atoms with Crippen molar-refractivity contribution < 1.29 is 19.1 Å². The predicted octanol–water partition coefficient (Wildman–Crippen LogP) is 3.97. The topological polar surface area (TPSA) is 68.7 Å². The van der Waals surface area contributed by atoms with E-state index >= 15 is 0 Å². The fraction of sp³-hybridized carbons (Fsp3) is 0.450. The number of fused-ring (bicyclic) bond motifs is 1. The normalized spacial score (nSPS) is 13.3. The molecule has 1 aliphatic heterocycles. The van der Waals surface area contributed by atoms with Crippen LogP contribution in [-0.4, -0.2) is 36.6 Å². The number of unbranched alkanes of at least 4 members (excludes halogenated alkanes) is 3. The predicted molar refractivity (Wildman–Crippen MR) is 105 cm³/mol. The zero-order valence-corrected chi connectivity index (χ0v) is 16.5. The van der Waals surface area contributed by atoms with Gasteiger partial charge in [0.15, 0.2) is 6.61 Å². The molecule has 27 heavy (non-hydrogen) atoms. The van der Waals surface area contributed by atoms with Crippen LogP contribution in [0.3, 0.4) is 0 Å². The summed E-state index contributed by atoms with van der Waals surface area (Å²) in [6.45, 7) is 4.29. The maximum atomic E-state index is 12.3. The maximum absolute atomic E-state index is 12.3. The molecular formula is C20H24N2O4S. The molecule has 0 bridgehead atoms. The number of thiazole rings is 1. The maximum Gasteiger partial charge on any atom is 0.326 e. The largest absolute Gasteiger partial charge is 0.482 e. The third kappa shape index (κ3) is 4.86. The SMILES string of the molecule is CCCCCCOC(=O)CN1C(=O)COc2ccc(-c3csc(C)n3)cc21. The summed E-state index contributed by atoms with van der Waals surface area (Å²) < 4.78 is 10.8. The van der Waals surface area contributed by atoms with E-state index in [9.17, 15) is 9.59 Å². The van der Waals surface area contributed by atoms with Gasteiger partial charge in [0, 0.05) is 10.9 Å². The van der Waals surface area contributed by atoms with Gasteiger partial charge in [0.05, 0.1) is 23.0 Å². The molecule has 0 N–H and O–H groups in total. The van der Waals surface area contributed by atoms with Gasteiger partial charge in [-0.1, -0.05) is 26.2 Å². The van der Waals surface area contributed by atoms with Crippen molar-refractivity contribution in [2.45, 2.75) is 39.5 Å². The van der Waals surface area contributed by atoms with Crippen molar-refractivity contribution in [3.05, 3.63) is 28.6 Å². The molecule has 0 atom stereocenters. The van der Waals surface area contributed by atoms with E-state index in [1.54, 1.807) is 11.3 Å². The average molecular weight is 388 g/mol. The molecule has 2 heterocycles. The van der Waals surface area contributed by atoms with Crippen LogP contribution in [0.4, 0.5) is 5.69 Å². The quantitative estimate of drug-likeness (QED) is 0.506. The van der Waals surface area contributed by atoms with Crippen molar-refractivity contribution in [1.29, 1.82) is 0 Å². The molecule has 1 aromatic carbocycles. The van der Waals surface area contributed by atoms with Crippen LogP contribution < -0.4 is 9.64 Å². The molecule has 0 radical (unpaired) electrons. The summed E-state index contributed by atoms with van der Waals surface area (Å²) in [5, 5.41) is 2.94. The molecule has 3 rings (SSSR count). The first-order chi connectivity index (χ1) is 13.1. The van der Waals surface area contributed by atoms with Gasteiger partial charge in [0.1, 0.15) is 12.3 Å². The summed E-state index contributed by atoms with van der Waals surface area (Å²) >= 11 is 1.57. The summed E-state index contributed by atoms with van der Waals surface area (Å²) in [6.07, 6.45) is 4.15. The fourth-order valence-corrected chi connectivity index (χ4v) is 3.54. The lowest BCUT2D eigenvalue weighted by Gasteiger charge is -2.29. The summed E-state index contributed by atoms with van der Waals surface area (Å²) in [4.78, 5) is 30.5. The number of carbonyl (C=O) groups excluding carboxylic acids is 2. The van der Waals surface area contributed by atoms with E-state index in [2.05, 4.69) is 11.9 Å². The number of benzene rings is 1. The van der Waals surface area contributed by atoms with Gasteiger partial charge in [-0.05, 0) is 31.5 Å². The minimum absolute atomic E-state index is 0.0774. The Kier molecular flexibility index (Phi) is 6.45. The summed E-state index contributed by atoms with van der Waals surface area (Å²) in [5.41, 5.74) is 2.31. The van der Waals surface area contributed by atoms with Crippen molar-refractivity contribution in [3.63, 3.8) is 0 Å². The van der Waals surface area contributed by atoms with Gasteiger partial charge in [0.2, 0.25) is 0 Å². The highest BCUT2D eigenvalue weighted by Crippen LogP contribution is 2.36. The van der Waals surface area contributed by atoms with Gasteiger partial charge in [-0.25, -0.2) is 4.98 Å². The first kappa shape index (κ1) is 19.4. The van der Waals surface area contributed by atoms with Gasteiger partial charge >= 0.3 is 5.97 Å². The molecule has 1 aliphatic rings. The smallest absolute Gasteiger partial charge is 0.326 e. The average Bonchev–Trinajstić information content (AvgIpc) is 3.10. The Morgan fingerprint density at radius 3 is 2.93 bits per heavy atom. The lowest BCUT2D eigenvalue weighted by Crippen LogP contribution is -2.42. The summed E-state index contributed by atoms with van der Waals surface area (Å²) in [6, 6.07) is 5.57. The molecule has 0 saturated heterocycles. The number of ether oxygens (including phenoxy) is 2. The van der Waals surface area contributed by atoms with Crippen LogP contribution in [0.1, 0.15) is 37.6 Å². The number of hydrogen-bond donors (Lipinski definition) is 0. The lowest BCUT2D eigenvalue weighted by atomic mass is 10.1. The van der Waals surface area contributed by atoms with Crippen LogP contribution in [-0.2, 0) is 14.3 Å². The molecule has 7 heteroatoms. The summed E-state index contributed by atoms with van der Waals surface area (Å²) in [7, 11) is 0. The standard InChI is InChI=1S/C20H24N2O4S/c1-3-4-5-6-9-25-20(24)11-22-17-10-15(16-13-27-14(2)21-16)7-8-18(17)26-12-19(22)23/h7-8,10,13H,3-6,9,11-12H2,1-2H3. The minimum atomic E-state index is -0.400. The second-order valence-electron chi connectivity index (χ2n) is 6.48. The zero-order chi connectivity index (χ0) is 19.2. The van der Waals surface area contributed by atoms with Gasteiger partial charge in [-0.3, -0.25) is 14.5 Å². The van der Waals surface area contributed by atoms with E-state index in [4.69, 9.17) is 9.47 Å². The first-order valence-corrected chi connectivity index (χ1v) is 10.1. The highest BCUT2D eigenvalue weighted by Gasteiger charge is 2.28. The van der Waals surface area contributed by atoms with E-state index < -0.39 is 5.97 Å². The second kappa shape index (κ2) is 8.99. The van der Waals surface area contributed by atoms with E-state index in [0.29, 0.717) is 18.0 Å². The van der Waals surface area contributed by atoms with Crippen LogP contribution in [0.2, 0.25) is 0 Å². The van der Waals surface area contributed by atoms with E-state index in [1.807, 2.05) is 30.5 Å². The zero-order valence-electron chi connectivity index (χ0n) is 15.7. The fourth-order valence-electron chi connectivity index (χ4n) is 2.92. The van der Waals surface area contributed by atoms with Crippen LogP contribution in [0.15, 0.2) is 23.6 Å². The van der Waals surface area contributed by atoms with Crippen LogP contribution >= 0.6 is 11.3 Å². The molecule has 1 aromatic heterocycles. The van der Waals surface area contributed by atoms with E-state index in [-0.39, 0.29) is 19.1 Å². The molecule has 0 spiro atoms. The van der Waals surface area contributed by atoms with E-state index in [1.165, 1.54) is 4.90 Å². The molecule has 1 amide bonds. The molecule has 2 aromatic rings. The molecule has 0 saturated carbocycles. The minimum Gasteiger partial charge on any atom is -0.482 e. The first-order valence-electron chi connectivity index (χ1n) is 9.24. The Morgan fingerprint density at radius 1 is 1.33 bits per heavy atom. The van der Waals surface area contributed by atoms with Crippen LogP contribution in [0.25, 0.3) is 11.3 Å². The Morgan fingerprint density at radius 2 is 2.19 bits per heavy atom. The number of amides is 1. The number of hydrogen-bond acceptors (Lipinski definition) is 6. The van der Waals surface area contributed by atoms with E-state index in [0.717, 1.165) is 41.9 Å². The van der Waals surface area contributed by atoms with Crippen molar-refractivity contribution in [2.24, 2.45) is 0 Å². The van der Waals surface area contributed by atoms with Gasteiger partial charge in [-0.2, -0.15) is 0 Å². The Labute approximate surface area is 163 Å². The number of aryl methyl sites for hydroxylation is 1. The molecule has 0 unspecified atom stereocenters. The number of anilines is 1. The van der Waals surface area contributed by atoms with Crippen LogP contribution in [0, 0.1) is 6.92 Å². The molecule has 144 valence electrons. The van der Waals surface area contributed by atoms with Gasteiger partial charge in [0.25, 0.3) is 5.91 Å². The molecular weight excluding hydrogens is 364 g/mol. The molecule has 6 nitrogen and oxygen atoms in total. The summed E-state index contributed by atoms with van der Waals surface area (Å²) in [5.74, 6) is -0.0688. The Hall–Kier alpha value is -2.41. The van der Waals surface area contributed by atoms with Crippen molar-refractivity contribution >= 4 is 28.9 Å². The number of carbonyl (C=O) groups is 2. The van der Waals surface area contributed by atoms with Gasteiger partial charge < -0.3 is 9.47 Å². The Bertz CT molecular complexity index is 818. The number of rotatable bonds is 8. The number of aromatic nitrogens is 1. The Balaban J connectivity index is 1.71. The lowest BCUT2D eigenvalue weighted by molar-refractivity contribution is -0.143.